The summed E-state index contributed by atoms with van der Waals surface area (Å²) < 4.78 is 61.6. The minimum absolute atomic E-state index is 0.0638. The van der Waals surface area contributed by atoms with Crippen LogP contribution in [0, 0.1) is 5.82 Å². The van der Waals surface area contributed by atoms with Gasteiger partial charge in [0.05, 0.1) is 37.1 Å². The number of rotatable bonds is 18. The smallest absolute Gasteiger partial charge is 0.275 e. The molecule has 0 bridgehead atoms. The highest BCUT2D eigenvalue weighted by atomic mass is 32.2. The number of halogens is 1. The number of nitrogens with two attached hydrogens (primary N) is 2. The zero-order valence-corrected chi connectivity index (χ0v) is 23.8. The molecule has 40 heavy (non-hydrogen) atoms. The van der Waals surface area contributed by atoms with Crippen molar-refractivity contribution in [3.63, 3.8) is 0 Å². The third-order valence-corrected chi connectivity index (χ3v) is 7.22. The van der Waals surface area contributed by atoms with Gasteiger partial charge in [0.2, 0.25) is 0 Å². The van der Waals surface area contributed by atoms with Crippen LogP contribution in [0.2, 0.25) is 0 Å². The first-order valence-electron chi connectivity index (χ1n) is 13.0. The van der Waals surface area contributed by atoms with E-state index in [1.807, 2.05) is 0 Å². The predicted octanol–water partition coefficient (Wildman–Crippen LogP) is 3.84. The zero-order chi connectivity index (χ0) is 29.4. The molecule has 0 aliphatic carbocycles. The molecule has 0 fully saturated rings. The molecule has 12 heteroatoms. The van der Waals surface area contributed by atoms with Crippen LogP contribution < -0.4 is 16.2 Å². The minimum atomic E-state index is -3.52. The second kappa shape index (κ2) is 17.4. The van der Waals surface area contributed by atoms with Crippen LogP contribution >= 0.6 is 0 Å². The van der Waals surface area contributed by atoms with Crippen molar-refractivity contribution < 1.29 is 36.6 Å². The van der Waals surface area contributed by atoms with Gasteiger partial charge in [-0.2, -0.15) is 4.99 Å². The number of guanidine groups is 1. The topological polar surface area (TPSA) is 153 Å². The Morgan fingerprint density at radius 2 is 1.52 bits per heavy atom. The lowest BCUT2D eigenvalue weighted by Gasteiger charge is -2.10. The van der Waals surface area contributed by atoms with Crippen molar-refractivity contribution in [1.82, 2.24) is 0 Å². The number of ether oxygens (including phenoxy) is 4. The van der Waals surface area contributed by atoms with Gasteiger partial charge in [-0.05, 0) is 67.8 Å². The number of aliphatic imine (C=N–C) groups is 1. The molecule has 2 aromatic rings. The molecular formula is C28H38FN3O7S. The van der Waals surface area contributed by atoms with E-state index in [2.05, 4.69) is 11.9 Å². The Hall–Kier alpha value is -3.32. The van der Waals surface area contributed by atoms with Gasteiger partial charge in [-0.3, -0.25) is 4.79 Å². The van der Waals surface area contributed by atoms with Crippen LogP contribution in [0.3, 0.4) is 0 Å². The molecule has 2 aromatic carbocycles. The number of carbonyl (C=O) groups excluding carboxylic acids is 1. The molecule has 0 radical (unpaired) electrons. The fraction of sp³-hybridized carbons (Fsp3) is 0.429. The summed E-state index contributed by atoms with van der Waals surface area (Å²) in [6, 6.07) is 9.89. The van der Waals surface area contributed by atoms with Crippen molar-refractivity contribution in [1.29, 1.82) is 0 Å². The van der Waals surface area contributed by atoms with Crippen LogP contribution in [0.1, 0.15) is 38.7 Å². The summed E-state index contributed by atoms with van der Waals surface area (Å²) in [7, 11) is -3.52. The molecular weight excluding hydrogens is 541 g/mol. The first kappa shape index (κ1) is 32.9. The van der Waals surface area contributed by atoms with Gasteiger partial charge in [-0.1, -0.05) is 19.4 Å². The lowest BCUT2D eigenvalue weighted by molar-refractivity contribution is -0.114. The molecule has 0 aliphatic heterocycles. The molecule has 10 nitrogen and oxygen atoms in total. The van der Waals surface area contributed by atoms with Crippen LogP contribution in [0.15, 0.2) is 57.9 Å². The Morgan fingerprint density at radius 3 is 2.10 bits per heavy atom. The van der Waals surface area contributed by atoms with E-state index in [1.54, 1.807) is 6.07 Å². The van der Waals surface area contributed by atoms with Gasteiger partial charge in [0, 0.05) is 18.8 Å². The lowest BCUT2D eigenvalue weighted by Crippen LogP contribution is -2.24. The van der Waals surface area contributed by atoms with Crippen molar-refractivity contribution in [3.05, 3.63) is 59.4 Å². The molecule has 0 atom stereocenters. The normalized spacial score (nSPS) is 11.8. The van der Waals surface area contributed by atoms with Crippen LogP contribution in [-0.2, 0) is 28.8 Å². The highest BCUT2D eigenvalue weighted by molar-refractivity contribution is 7.91. The maximum atomic E-state index is 14.6. The van der Waals surface area contributed by atoms with Crippen molar-refractivity contribution >= 4 is 27.8 Å². The number of nitrogens with zero attached hydrogens (tertiary/aromatic N) is 1. The molecule has 4 N–H and O–H groups in total. The van der Waals surface area contributed by atoms with Crippen molar-refractivity contribution in [2.24, 2.45) is 16.5 Å². The first-order valence-corrected chi connectivity index (χ1v) is 14.6. The molecule has 0 aromatic heterocycles. The molecule has 0 saturated carbocycles. The molecule has 2 rings (SSSR count). The predicted molar refractivity (Wildman–Crippen MR) is 151 cm³/mol. The number of benzene rings is 2. The molecule has 0 spiro atoms. The average molecular weight is 580 g/mol. The number of unbranched alkanes of at least 4 members (excludes halogenated alkanes) is 1. The number of amides is 1. The van der Waals surface area contributed by atoms with E-state index in [0.29, 0.717) is 45.0 Å². The molecule has 0 saturated heterocycles. The Kier molecular flexibility index (Phi) is 14.3. The van der Waals surface area contributed by atoms with Gasteiger partial charge in [0.25, 0.3) is 5.91 Å². The second-order valence-corrected chi connectivity index (χ2v) is 10.9. The van der Waals surface area contributed by atoms with E-state index >= 15 is 0 Å². The van der Waals surface area contributed by atoms with E-state index in [0.717, 1.165) is 19.4 Å². The summed E-state index contributed by atoms with van der Waals surface area (Å²) in [5.74, 6) is -1.54. The molecule has 0 aliphatic rings. The molecule has 220 valence electrons. The summed E-state index contributed by atoms with van der Waals surface area (Å²) >= 11 is 0. The van der Waals surface area contributed by atoms with Gasteiger partial charge in [-0.25, -0.2) is 12.8 Å². The van der Waals surface area contributed by atoms with E-state index in [9.17, 15) is 17.6 Å². The summed E-state index contributed by atoms with van der Waals surface area (Å²) in [5, 5.41) is 0. The van der Waals surface area contributed by atoms with Crippen LogP contribution in [-0.4, -0.2) is 65.7 Å². The summed E-state index contributed by atoms with van der Waals surface area (Å²) in [5.41, 5.74) is 11.0. The number of sulfone groups is 1. The SMILES string of the molecule is CCCCOCCOCCOCCCS(=O)(=O)c1ccc(Oc2ccc(/C=C(\C)C(=O)N=C(N)N)cc2F)cc1. The Balaban J connectivity index is 1.79. The standard InChI is InChI=1S/C28H38FN3O7S/c1-3-4-12-36-14-16-38-17-15-37-13-5-18-40(34,35)24-9-7-23(8-10-24)39-26-11-6-22(20-25(26)29)19-21(2)27(33)32-28(30)31/h6-11,19-20H,3-5,12-18H2,1-2H3,(H4,30,31,32,33)/b21-19+. The highest BCUT2D eigenvalue weighted by Gasteiger charge is 2.15. The van der Waals surface area contributed by atoms with Gasteiger partial charge < -0.3 is 30.4 Å². The Bertz CT molecular complexity index is 1250. The quantitative estimate of drug-likeness (QED) is 0.116. The number of hydrogen-bond acceptors (Lipinski definition) is 7. The maximum Gasteiger partial charge on any atom is 0.275 e. The summed E-state index contributed by atoms with van der Waals surface area (Å²) in [4.78, 5) is 15.4. The zero-order valence-electron chi connectivity index (χ0n) is 22.9. The van der Waals surface area contributed by atoms with Crippen molar-refractivity contribution in [2.75, 3.05) is 45.4 Å². The fourth-order valence-corrected chi connectivity index (χ4v) is 4.59. The fourth-order valence-electron chi connectivity index (χ4n) is 3.31. The third-order valence-electron chi connectivity index (χ3n) is 5.41. The van der Waals surface area contributed by atoms with E-state index in [4.69, 9.17) is 30.4 Å². The summed E-state index contributed by atoms with van der Waals surface area (Å²) in [6.45, 7) is 6.49. The maximum absolute atomic E-state index is 14.6. The number of carbonyl (C=O) groups is 1. The van der Waals surface area contributed by atoms with E-state index in [1.165, 1.54) is 49.4 Å². The van der Waals surface area contributed by atoms with E-state index in [-0.39, 0.29) is 33.7 Å². The van der Waals surface area contributed by atoms with Crippen LogP contribution in [0.4, 0.5) is 4.39 Å². The number of hydrogen-bond donors (Lipinski definition) is 2. The van der Waals surface area contributed by atoms with Crippen LogP contribution in [0.5, 0.6) is 11.5 Å². The minimum Gasteiger partial charge on any atom is -0.454 e. The van der Waals surface area contributed by atoms with Crippen LogP contribution in [0.25, 0.3) is 6.08 Å². The molecule has 0 unspecified atom stereocenters. The van der Waals surface area contributed by atoms with Gasteiger partial charge >= 0.3 is 0 Å². The van der Waals surface area contributed by atoms with Crippen molar-refractivity contribution in [3.8, 4) is 11.5 Å². The van der Waals surface area contributed by atoms with Crippen molar-refractivity contribution in [2.45, 2.75) is 38.0 Å². The highest BCUT2D eigenvalue weighted by Crippen LogP contribution is 2.27. The lowest BCUT2D eigenvalue weighted by atomic mass is 10.1. The molecule has 1 amide bonds. The van der Waals surface area contributed by atoms with Gasteiger partial charge in [0.1, 0.15) is 5.75 Å². The first-order chi connectivity index (χ1) is 19.1. The Morgan fingerprint density at radius 1 is 0.925 bits per heavy atom. The molecule has 0 heterocycles. The summed E-state index contributed by atoms with van der Waals surface area (Å²) in [6.07, 6.45) is 3.90. The van der Waals surface area contributed by atoms with E-state index < -0.39 is 21.6 Å². The largest absolute Gasteiger partial charge is 0.454 e. The Labute approximate surface area is 235 Å². The second-order valence-electron chi connectivity index (χ2n) is 8.80. The van der Waals surface area contributed by atoms with Gasteiger partial charge in [-0.15, -0.1) is 0 Å². The third kappa shape index (κ3) is 12.2. The monoisotopic (exact) mass is 579 g/mol. The van der Waals surface area contributed by atoms with Gasteiger partial charge in [0.15, 0.2) is 27.4 Å². The average Bonchev–Trinajstić information content (AvgIpc) is 2.90.